The Morgan fingerprint density at radius 1 is 1.55 bits per heavy atom. The normalized spacial score (nSPS) is 17.9. The average Bonchev–Trinajstić information content (AvgIpc) is 1.82. The highest BCUT2D eigenvalue weighted by atomic mass is 31.2. The van der Waals surface area contributed by atoms with Crippen molar-refractivity contribution in [3.05, 3.63) is 0 Å². The van der Waals surface area contributed by atoms with Crippen LogP contribution in [0.3, 0.4) is 0 Å². The molecule has 2 unspecified atom stereocenters. The zero-order valence-corrected chi connectivity index (χ0v) is 6.39. The van der Waals surface area contributed by atoms with Gasteiger partial charge >= 0.3 is 7.82 Å². The minimum absolute atomic E-state index is 0.721. The van der Waals surface area contributed by atoms with Gasteiger partial charge in [-0.2, -0.15) is 0 Å². The molecule has 0 fully saturated rings. The summed E-state index contributed by atoms with van der Waals surface area (Å²) in [4.78, 5) is 16.3. The van der Waals surface area contributed by atoms with E-state index in [-0.39, 0.29) is 0 Å². The fraction of sp³-hybridized carbons (Fsp3) is 1.00. The van der Waals surface area contributed by atoms with Crippen LogP contribution < -0.4 is 5.73 Å². The fourth-order valence-corrected chi connectivity index (χ4v) is 0.790. The van der Waals surface area contributed by atoms with Gasteiger partial charge in [0.1, 0.15) is 12.3 Å². The summed E-state index contributed by atoms with van der Waals surface area (Å²) in [6, 6.07) is 0. The van der Waals surface area contributed by atoms with Crippen molar-refractivity contribution in [1.82, 2.24) is 0 Å². The van der Waals surface area contributed by atoms with Crippen molar-refractivity contribution in [2.45, 2.75) is 12.3 Å². The van der Waals surface area contributed by atoms with E-state index in [0.717, 1.165) is 0 Å². The Bertz CT molecular complexity index is 156. The maximum absolute atomic E-state index is 10.1. The third-order valence-electron chi connectivity index (χ3n) is 0.825. The molecule has 0 aromatic carbocycles. The minimum Gasteiger partial charge on any atom is -0.394 e. The first-order valence-electron chi connectivity index (χ1n) is 2.65. The molecule has 6 N–H and O–H groups in total. The lowest BCUT2D eigenvalue weighted by Gasteiger charge is -2.16. The van der Waals surface area contributed by atoms with Crippen LogP contribution in [0.4, 0.5) is 0 Å². The maximum Gasteiger partial charge on any atom is 0.471 e. The first-order valence-corrected chi connectivity index (χ1v) is 4.18. The van der Waals surface area contributed by atoms with E-state index in [0.29, 0.717) is 0 Å². The van der Waals surface area contributed by atoms with Gasteiger partial charge in [-0.05, 0) is 0 Å². The lowest BCUT2D eigenvalue weighted by molar-refractivity contribution is -0.0102. The number of phosphoric ester groups is 1. The summed E-state index contributed by atoms with van der Waals surface area (Å²) in [6.07, 6.45) is -3.08. The number of phosphoric acid groups is 1. The summed E-state index contributed by atoms with van der Waals surface area (Å²) < 4.78 is 13.9. The summed E-state index contributed by atoms with van der Waals surface area (Å²) in [7, 11) is -4.69. The van der Waals surface area contributed by atoms with Gasteiger partial charge < -0.3 is 25.7 Å². The van der Waals surface area contributed by atoms with Gasteiger partial charge in [0.15, 0.2) is 0 Å². The highest BCUT2D eigenvalue weighted by Gasteiger charge is 2.24. The van der Waals surface area contributed by atoms with Crippen molar-refractivity contribution in [3.8, 4) is 0 Å². The molecule has 11 heavy (non-hydrogen) atoms. The molecule has 68 valence electrons. The third-order valence-corrected chi connectivity index (χ3v) is 1.34. The Labute approximate surface area is 62.6 Å². The largest absolute Gasteiger partial charge is 0.471 e. The molecular formula is C3H10NO6P. The average molecular weight is 187 g/mol. The van der Waals surface area contributed by atoms with Gasteiger partial charge in [0.25, 0.3) is 0 Å². The van der Waals surface area contributed by atoms with Crippen LogP contribution >= 0.6 is 7.82 Å². The van der Waals surface area contributed by atoms with Gasteiger partial charge in [0.2, 0.25) is 0 Å². The number of nitrogens with two attached hydrogens (primary N) is 1. The third kappa shape index (κ3) is 5.28. The Hall–Kier alpha value is -0.0100. The van der Waals surface area contributed by atoms with Crippen LogP contribution in [0.25, 0.3) is 0 Å². The van der Waals surface area contributed by atoms with Crippen LogP contribution in [-0.2, 0) is 9.09 Å². The molecule has 0 rings (SSSR count). The number of hydrogen-bond acceptors (Lipinski definition) is 5. The molecule has 0 aliphatic rings. The van der Waals surface area contributed by atoms with Crippen molar-refractivity contribution in [2.75, 3.05) is 6.61 Å². The van der Waals surface area contributed by atoms with E-state index in [9.17, 15) is 4.57 Å². The van der Waals surface area contributed by atoms with E-state index in [2.05, 4.69) is 4.52 Å². The Kier molecular flexibility index (Phi) is 4.12. The molecule has 0 saturated heterocycles. The standard InChI is InChI=1S/C3H10NO6P/c4-3(2(6)1-5)10-11(7,8)9/h2-3,5-6H,1,4H2,(H2,7,8,9). The zero-order chi connectivity index (χ0) is 9.07. The van der Waals surface area contributed by atoms with Crippen molar-refractivity contribution < 1.29 is 29.1 Å². The van der Waals surface area contributed by atoms with Gasteiger partial charge in [0.05, 0.1) is 6.61 Å². The van der Waals surface area contributed by atoms with Crippen LogP contribution in [0.5, 0.6) is 0 Å². The highest BCUT2D eigenvalue weighted by molar-refractivity contribution is 7.46. The van der Waals surface area contributed by atoms with Gasteiger partial charge in [-0.15, -0.1) is 0 Å². The summed E-state index contributed by atoms with van der Waals surface area (Å²) in [6.45, 7) is -0.721. The Morgan fingerprint density at radius 2 is 2.00 bits per heavy atom. The molecule has 0 aromatic rings. The fourth-order valence-electron chi connectivity index (χ4n) is 0.333. The van der Waals surface area contributed by atoms with Crippen molar-refractivity contribution >= 4 is 7.82 Å². The Balaban J connectivity index is 3.87. The summed E-state index contributed by atoms with van der Waals surface area (Å²) >= 11 is 0. The SMILES string of the molecule is NC(OP(=O)(O)O)C(O)CO. The predicted molar refractivity (Wildman–Crippen MR) is 34.2 cm³/mol. The van der Waals surface area contributed by atoms with Gasteiger partial charge in [0, 0.05) is 0 Å². The molecule has 0 amide bonds. The van der Waals surface area contributed by atoms with E-state index in [1.54, 1.807) is 0 Å². The molecule has 0 spiro atoms. The van der Waals surface area contributed by atoms with E-state index < -0.39 is 26.8 Å². The van der Waals surface area contributed by atoms with Gasteiger partial charge in [-0.1, -0.05) is 0 Å². The van der Waals surface area contributed by atoms with E-state index in [4.69, 9.17) is 25.7 Å². The lowest BCUT2D eigenvalue weighted by Crippen LogP contribution is -2.38. The second-order valence-electron chi connectivity index (χ2n) is 1.81. The van der Waals surface area contributed by atoms with Gasteiger partial charge in [-0.25, -0.2) is 4.57 Å². The van der Waals surface area contributed by atoms with Gasteiger partial charge in [-0.3, -0.25) is 4.52 Å². The second kappa shape index (κ2) is 4.13. The highest BCUT2D eigenvalue weighted by Crippen LogP contribution is 2.36. The van der Waals surface area contributed by atoms with E-state index in [1.807, 2.05) is 0 Å². The summed E-state index contributed by atoms with van der Waals surface area (Å²) in [5.41, 5.74) is 4.89. The number of aliphatic hydroxyl groups is 2. The van der Waals surface area contributed by atoms with Crippen LogP contribution in [0.1, 0.15) is 0 Å². The topological polar surface area (TPSA) is 133 Å². The molecule has 0 bridgehead atoms. The summed E-state index contributed by atoms with van der Waals surface area (Å²) in [5.74, 6) is 0. The quantitative estimate of drug-likeness (QED) is 0.247. The Morgan fingerprint density at radius 3 is 2.27 bits per heavy atom. The monoisotopic (exact) mass is 187 g/mol. The smallest absolute Gasteiger partial charge is 0.394 e. The molecule has 0 saturated carbocycles. The molecule has 8 heteroatoms. The van der Waals surface area contributed by atoms with E-state index in [1.165, 1.54) is 0 Å². The molecule has 0 aromatic heterocycles. The number of aliphatic hydroxyl groups excluding tert-OH is 2. The van der Waals surface area contributed by atoms with Crippen LogP contribution in [-0.4, -0.2) is 38.9 Å². The molecule has 0 heterocycles. The molecular weight excluding hydrogens is 177 g/mol. The molecule has 0 aliphatic carbocycles. The lowest BCUT2D eigenvalue weighted by atomic mass is 10.3. The molecule has 2 atom stereocenters. The van der Waals surface area contributed by atoms with Crippen LogP contribution in [0.2, 0.25) is 0 Å². The molecule has 0 radical (unpaired) electrons. The van der Waals surface area contributed by atoms with Crippen LogP contribution in [0, 0.1) is 0 Å². The number of hydrogen-bond donors (Lipinski definition) is 5. The van der Waals surface area contributed by atoms with E-state index >= 15 is 0 Å². The van der Waals surface area contributed by atoms with Crippen LogP contribution in [0.15, 0.2) is 0 Å². The van der Waals surface area contributed by atoms with Crippen molar-refractivity contribution in [3.63, 3.8) is 0 Å². The first-order chi connectivity index (χ1) is 4.87. The molecule has 0 aliphatic heterocycles. The summed E-state index contributed by atoms with van der Waals surface area (Å²) in [5, 5.41) is 16.9. The first kappa shape index (κ1) is 11.0. The zero-order valence-electron chi connectivity index (χ0n) is 5.49. The van der Waals surface area contributed by atoms with Crippen molar-refractivity contribution in [2.24, 2.45) is 5.73 Å². The second-order valence-corrected chi connectivity index (χ2v) is 3.00. The maximum atomic E-state index is 10.1. The molecule has 7 nitrogen and oxygen atoms in total. The van der Waals surface area contributed by atoms with Crippen molar-refractivity contribution in [1.29, 1.82) is 0 Å². The predicted octanol–water partition coefficient (Wildman–Crippen LogP) is -2.27. The number of rotatable bonds is 4. The minimum atomic E-state index is -4.69.